The van der Waals surface area contributed by atoms with E-state index in [0.717, 1.165) is 12.8 Å². The minimum atomic E-state index is -0.471. The van der Waals surface area contributed by atoms with Gasteiger partial charge in [-0.3, -0.25) is 4.79 Å². The zero-order valence-electron chi connectivity index (χ0n) is 11.4. The third-order valence-corrected chi connectivity index (χ3v) is 4.13. The fraction of sp³-hybridized carbons (Fsp3) is 0.267. The van der Waals surface area contributed by atoms with E-state index in [2.05, 4.69) is 18.3 Å². The van der Waals surface area contributed by atoms with Crippen LogP contribution < -0.4 is 16.8 Å². The van der Waals surface area contributed by atoms with E-state index < -0.39 is 5.91 Å². The highest BCUT2D eigenvalue weighted by Crippen LogP contribution is 2.32. The molecule has 1 amide bonds. The van der Waals surface area contributed by atoms with Crippen LogP contribution in [0.5, 0.6) is 0 Å². The van der Waals surface area contributed by atoms with Crippen molar-refractivity contribution >= 4 is 28.6 Å². The number of thiophene rings is 1. The predicted molar refractivity (Wildman–Crippen MR) is 85.0 cm³/mol. The summed E-state index contributed by atoms with van der Waals surface area (Å²) in [6.45, 7) is 2.13. The van der Waals surface area contributed by atoms with E-state index in [0.29, 0.717) is 16.9 Å². The second-order valence-electron chi connectivity index (χ2n) is 4.64. The molecule has 0 radical (unpaired) electrons. The van der Waals surface area contributed by atoms with Gasteiger partial charge in [0.05, 0.1) is 23.0 Å². The Hall–Kier alpha value is -2.01. The number of benzene rings is 1. The second-order valence-corrected chi connectivity index (χ2v) is 5.61. The van der Waals surface area contributed by atoms with E-state index in [9.17, 15) is 4.79 Å². The highest BCUT2D eigenvalue weighted by atomic mass is 32.1. The summed E-state index contributed by atoms with van der Waals surface area (Å²) in [6.07, 6.45) is 2.00. The second kappa shape index (κ2) is 6.43. The number of amides is 1. The molecule has 1 heterocycles. The normalized spacial score (nSPS) is 12.1. The molecule has 1 unspecified atom stereocenters. The molecule has 20 heavy (non-hydrogen) atoms. The molecule has 1 aromatic heterocycles. The van der Waals surface area contributed by atoms with Gasteiger partial charge in [0, 0.05) is 4.88 Å². The molecule has 1 atom stereocenters. The molecule has 0 spiro atoms. The Kier molecular flexibility index (Phi) is 4.63. The van der Waals surface area contributed by atoms with Gasteiger partial charge in [0.1, 0.15) is 0 Å². The first-order valence-electron chi connectivity index (χ1n) is 6.61. The van der Waals surface area contributed by atoms with E-state index in [-0.39, 0.29) is 6.04 Å². The lowest BCUT2D eigenvalue weighted by molar-refractivity contribution is 0.100. The van der Waals surface area contributed by atoms with E-state index in [1.165, 1.54) is 4.88 Å². The van der Waals surface area contributed by atoms with Crippen LogP contribution in [0.3, 0.4) is 0 Å². The molecular formula is C15H19N3OS. The van der Waals surface area contributed by atoms with Crippen LogP contribution >= 0.6 is 11.3 Å². The summed E-state index contributed by atoms with van der Waals surface area (Å²) in [4.78, 5) is 12.8. The predicted octanol–water partition coefficient (Wildman–Crippen LogP) is 3.38. The Labute approximate surface area is 122 Å². The summed E-state index contributed by atoms with van der Waals surface area (Å²) < 4.78 is 0. The van der Waals surface area contributed by atoms with Gasteiger partial charge in [0.15, 0.2) is 0 Å². The number of rotatable bonds is 6. The SMILES string of the molecule is CCCC(Nc1c(N)cccc1C(N)=O)c1cccs1. The smallest absolute Gasteiger partial charge is 0.250 e. The summed E-state index contributed by atoms with van der Waals surface area (Å²) in [5.41, 5.74) is 13.0. The summed E-state index contributed by atoms with van der Waals surface area (Å²) in [5.74, 6) is -0.471. The zero-order chi connectivity index (χ0) is 14.5. The summed E-state index contributed by atoms with van der Waals surface area (Å²) in [5, 5.41) is 5.43. The number of hydrogen-bond acceptors (Lipinski definition) is 4. The molecular weight excluding hydrogens is 270 g/mol. The average Bonchev–Trinajstić information content (AvgIpc) is 2.93. The first-order chi connectivity index (χ1) is 9.63. The van der Waals surface area contributed by atoms with Crippen molar-refractivity contribution in [2.24, 2.45) is 5.73 Å². The number of para-hydroxylation sites is 1. The third-order valence-electron chi connectivity index (χ3n) is 3.14. The van der Waals surface area contributed by atoms with Crippen LogP contribution in [0.25, 0.3) is 0 Å². The highest BCUT2D eigenvalue weighted by Gasteiger charge is 2.17. The molecule has 5 heteroatoms. The van der Waals surface area contributed by atoms with Gasteiger partial charge < -0.3 is 16.8 Å². The third kappa shape index (κ3) is 3.11. The van der Waals surface area contributed by atoms with Crippen molar-refractivity contribution in [1.29, 1.82) is 0 Å². The van der Waals surface area contributed by atoms with Crippen LogP contribution in [0.2, 0.25) is 0 Å². The van der Waals surface area contributed by atoms with Crippen LogP contribution in [-0.4, -0.2) is 5.91 Å². The molecule has 0 saturated carbocycles. The van der Waals surface area contributed by atoms with Crippen molar-refractivity contribution in [3.05, 3.63) is 46.2 Å². The lowest BCUT2D eigenvalue weighted by Crippen LogP contribution is -2.18. The minimum absolute atomic E-state index is 0.141. The molecule has 0 aliphatic carbocycles. The Morgan fingerprint density at radius 2 is 2.15 bits per heavy atom. The first kappa shape index (κ1) is 14.4. The van der Waals surface area contributed by atoms with Gasteiger partial charge in [-0.15, -0.1) is 11.3 Å². The monoisotopic (exact) mass is 289 g/mol. The minimum Gasteiger partial charge on any atom is -0.397 e. The Bertz CT molecular complexity index is 581. The van der Waals surface area contributed by atoms with Crippen LogP contribution in [0.15, 0.2) is 35.7 Å². The lowest BCUT2D eigenvalue weighted by Gasteiger charge is -2.21. The number of carbonyl (C=O) groups excluding carboxylic acids is 1. The molecule has 0 fully saturated rings. The highest BCUT2D eigenvalue weighted by molar-refractivity contribution is 7.10. The fourth-order valence-corrected chi connectivity index (χ4v) is 2.99. The summed E-state index contributed by atoms with van der Waals surface area (Å²) >= 11 is 1.69. The molecule has 106 valence electrons. The van der Waals surface area contributed by atoms with E-state index in [1.807, 2.05) is 11.4 Å². The van der Waals surface area contributed by atoms with Gasteiger partial charge in [-0.2, -0.15) is 0 Å². The van der Waals surface area contributed by atoms with Crippen molar-refractivity contribution in [2.75, 3.05) is 11.1 Å². The van der Waals surface area contributed by atoms with Crippen molar-refractivity contribution in [3.8, 4) is 0 Å². The molecule has 0 bridgehead atoms. The summed E-state index contributed by atoms with van der Waals surface area (Å²) in [6, 6.07) is 9.45. The van der Waals surface area contributed by atoms with Crippen molar-refractivity contribution < 1.29 is 4.79 Å². The standard InChI is InChI=1S/C15H19N3OS/c1-2-5-12(13-8-4-9-20-13)18-14-10(15(17)19)6-3-7-11(14)16/h3-4,6-9,12,18H,2,5,16H2,1H3,(H2,17,19). The quantitative estimate of drug-likeness (QED) is 0.713. The van der Waals surface area contributed by atoms with Gasteiger partial charge in [0.2, 0.25) is 0 Å². The summed E-state index contributed by atoms with van der Waals surface area (Å²) in [7, 11) is 0. The number of hydrogen-bond donors (Lipinski definition) is 3. The first-order valence-corrected chi connectivity index (χ1v) is 7.49. The maximum atomic E-state index is 11.5. The number of nitrogens with two attached hydrogens (primary N) is 2. The Morgan fingerprint density at radius 1 is 1.35 bits per heavy atom. The van der Waals surface area contributed by atoms with Crippen molar-refractivity contribution in [3.63, 3.8) is 0 Å². The zero-order valence-corrected chi connectivity index (χ0v) is 12.2. The van der Waals surface area contributed by atoms with E-state index in [1.54, 1.807) is 29.5 Å². The molecule has 4 nitrogen and oxygen atoms in total. The van der Waals surface area contributed by atoms with Crippen LogP contribution in [0.1, 0.15) is 41.0 Å². The maximum Gasteiger partial charge on any atom is 0.250 e. The van der Waals surface area contributed by atoms with Gasteiger partial charge >= 0.3 is 0 Å². The van der Waals surface area contributed by atoms with Crippen molar-refractivity contribution in [2.45, 2.75) is 25.8 Å². The topological polar surface area (TPSA) is 81.1 Å². The molecule has 1 aromatic carbocycles. The van der Waals surface area contributed by atoms with E-state index >= 15 is 0 Å². The number of nitrogen functional groups attached to an aromatic ring is 1. The van der Waals surface area contributed by atoms with Crippen LogP contribution in [0.4, 0.5) is 11.4 Å². The van der Waals surface area contributed by atoms with Gasteiger partial charge in [-0.1, -0.05) is 25.5 Å². The van der Waals surface area contributed by atoms with Gasteiger partial charge in [0.25, 0.3) is 5.91 Å². The molecule has 0 saturated heterocycles. The number of anilines is 2. The average molecular weight is 289 g/mol. The van der Waals surface area contributed by atoms with Crippen molar-refractivity contribution in [1.82, 2.24) is 0 Å². The molecule has 2 rings (SSSR count). The molecule has 5 N–H and O–H groups in total. The largest absolute Gasteiger partial charge is 0.397 e. The lowest BCUT2D eigenvalue weighted by atomic mass is 10.1. The number of carbonyl (C=O) groups is 1. The Balaban J connectivity index is 2.34. The molecule has 0 aliphatic rings. The number of nitrogens with one attached hydrogen (secondary N) is 1. The van der Waals surface area contributed by atoms with Crippen LogP contribution in [-0.2, 0) is 0 Å². The fourth-order valence-electron chi connectivity index (χ4n) is 2.17. The molecule has 0 aliphatic heterocycles. The van der Waals surface area contributed by atoms with E-state index in [4.69, 9.17) is 11.5 Å². The Morgan fingerprint density at radius 3 is 2.75 bits per heavy atom. The maximum absolute atomic E-state index is 11.5. The van der Waals surface area contributed by atoms with Crippen LogP contribution in [0, 0.1) is 0 Å². The van der Waals surface area contributed by atoms with Gasteiger partial charge in [-0.25, -0.2) is 0 Å². The molecule has 2 aromatic rings. The number of primary amides is 1. The van der Waals surface area contributed by atoms with Gasteiger partial charge in [-0.05, 0) is 30.0 Å².